The number of nitrogens with two attached hydrogens (primary N) is 2. The van der Waals surface area contributed by atoms with E-state index < -0.39 is 23.6 Å². The lowest BCUT2D eigenvalue weighted by Crippen LogP contribution is -2.42. The number of ether oxygens (including phenoxy) is 10. The number of nitrogens with zero attached hydrogens (tertiary/aromatic N) is 2. The molecule has 0 spiro atoms. The summed E-state index contributed by atoms with van der Waals surface area (Å²) in [6, 6.07) is 14.6. The maximum atomic E-state index is 13.9. The molecule has 0 fully saturated rings. The van der Waals surface area contributed by atoms with Gasteiger partial charge in [0.15, 0.2) is 0 Å². The predicted octanol–water partition coefficient (Wildman–Crippen LogP) is 3.01. The lowest BCUT2D eigenvalue weighted by atomic mass is 9.82. The Morgan fingerprint density at radius 2 is 0.500 bits per heavy atom. The molecule has 5 aromatic rings. The quantitative estimate of drug-likeness (QED) is 0.0262. The van der Waals surface area contributed by atoms with Gasteiger partial charge >= 0.3 is 0 Å². The minimum atomic E-state index is -0.395. The van der Waals surface area contributed by atoms with E-state index >= 15 is 0 Å². The van der Waals surface area contributed by atoms with E-state index in [1.165, 1.54) is 9.80 Å². The lowest BCUT2D eigenvalue weighted by Gasteiger charge is -2.30. The highest BCUT2D eigenvalue weighted by Gasteiger charge is 2.36. The molecule has 356 valence electrons. The molecule has 4 amide bonds. The Morgan fingerprint density at radius 3 is 0.727 bits per heavy atom. The van der Waals surface area contributed by atoms with Gasteiger partial charge < -0.3 is 58.8 Å². The lowest BCUT2D eigenvalue weighted by molar-refractivity contribution is -0.0114. The molecule has 2 aliphatic rings. The average molecular weight is 917 g/mol. The van der Waals surface area contributed by atoms with Crippen LogP contribution in [0.15, 0.2) is 48.5 Å². The average Bonchev–Trinajstić information content (AvgIpc) is 3.33. The van der Waals surface area contributed by atoms with Gasteiger partial charge in [-0.05, 0) is 56.6 Å². The summed E-state index contributed by atoms with van der Waals surface area (Å²) >= 11 is 0. The molecule has 66 heavy (non-hydrogen) atoms. The molecule has 4 N–H and O–H groups in total. The van der Waals surface area contributed by atoms with Crippen LogP contribution in [0, 0.1) is 0 Å². The smallest absolute Gasteiger partial charge is 0.261 e. The topological polar surface area (TPSA) is 219 Å². The number of imide groups is 2. The number of benzene rings is 5. The van der Waals surface area contributed by atoms with Gasteiger partial charge in [-0.1, -0.05) is 24.3 Å². The second kappa shape index (κ2) is 25.4. The third-order valence-corrected chi connectivity index (χ3v) is 11.2. The van der Waals surface area contributed by atoms with Crippen molar-refractivity contribution < 1.29 is 66.5 Å². The van der Waals surface area contributed by atoms with Crippen molar-refractivity contribution >= 4 is 66.7 Å². The zero-order valence-electron chi connectivity index (χ0n) is 37.4. The second-order valence-electron chi connectivity index (χ2n) is 15.4. The van der Waals surface area contributed by atoms with E-state index in [0.29, 0.717) is 165 Å². The number of carbonyl (C=O) groups excluding carboxylic acids is 4. The number of hydrogen-bond donors (Lipinski definition) is 2. The summed E-state index contributed by atoms with van der Waals surface area (Å²) in [5.41, 5.74) is 12.5. The Morgan fingerprint density at radius 1 is 0.288 bits per heavy atom. The number of rotatable bonds is 34. The molecule has 0 saturated carbocycles. The first-order chi connectivity index (χ1) is 32.5. The first-order valence-corrected chi connectivity index (χ1v) is 22.6. The SMILES string of the molecule is NCCOCCOCCOCCOCCOCCN1C(=O)c2ccc3c4ccc5c6c(ccc(c7ccc(c2c37)C1=O)c64)C(=O)N(CCOCCOCCOCCOCCOCCN)C5=O. The van der Waals surface area contributed by atoms with Gasteiger partial charge in [0, 0.05) is 46.1 Å². The van der Waals surface area contributed by atoms with E-state index in [0.717, 1.165) is 32.3 Å². The predicted molar refractivity (Wildman–Crippen MR) is 245 cm³/mol. The zero-order chi connectivity index (χ0) is 46.1. The summed E-state index contributed by atoms with van der Waals surface area (Å²) in [7, 11) is 0. The molecule has 2 heterocycles. The Balaban J connectivity index is 0.894. The van der Waals surface area contributed by atoms with Crippen LogP contribution in [-0.2, 0) is 47.4 Å². The molecule has 2 aliphatic heterocycles. The van der Waals surface area contributed by atoms with Crippen LogP contribution in [0.1, 0.15) is 41.4 Å². The van der Waals surface area contributed by atoms with Crippen molar-refractivity contribution in [3.05, 3.63) is 70.8 Å². The fourth-order valence-corrected chi connectivity index (χ4v) is 8.22. The van der Waals surface area contributed by atoms with Gasteiger partial charge in [0.1, 0.15) is 0 Å². The van der Waals surface area contributed by atoms with Crippen molar-refractivity contribution in [2.75, 3.05) is 158 Å². The largest absolute Gasteiger partial charge is 0.378 e. The van der Waals surface area contributed by atoms with Crippen LogP contribution in [0.5, 0.6) is 0 Å². The molecule has 0 aromatic heterocycles. The van der Waals surface area contributed by atoms with Crippen LogP contribution >= 0.6 is 0 Å². The maximum Gasteiger partial charge on any atom is 0.261 e. The standard InChI is InChI=1S/C48H60N4O14/c49-9-13-57-17-21-61-25-29-65-31-27-63-23-19-59-15-11-51-45(53)37-5-1-33-34-2-6-39-44-40(8-4-36(42(34)44)35-3-7-38(46(51)54)43(37)41(33)35)48(56)52(47(39)55)12-16-60-20-24-64-28-32-66-30-26-62-22-18-58-14-10-50/h1-8H,9-32,49-50H2. The molecule has 5 aromatic carbocycles. The monoisotopic (exact) mass is 916 g/mol. The van der Waals surface area contributed by atoms with Crippen LogP contribution in [0.4, 0.5) is 0 Å². The maximum absolute atomic E-state index is 13.9. The van der Waals surface area contributed by atoms with Gasteiger partial charge in [-0.25, -0.2) is 0 Å². The van der Waals surface area contributed by atoms with Crippen molar-refractivity contribution in [3.63, 3.8) is 0 Å². The van der Waals surface area contributed by atoms with Gasteiger partial charge in [0.25, 0.3) is 23.6 Å². The van der Waals surface area contributed by atoms with Crippen molar-refractivity contribution in [1.82, 2.24) is 9.80 Å². The van der Waals surface area contributed by atoms with Crippen molar-refractivity contribution in [2.45, 2.75) is 0 Å². The summed E-state index contributed by atoms with van der Waals surface area (Å²) in [5.74, 6) is -1.58. The molecule has 18 heteroatoms. The summed E-state index contributed by atoms with van der Waals surface area (Å²) in [4.78, 5) is 58.1. The van der Waals surface area contributed by atoms with Gasteiger partial charge in [0.2, 0.25) is 0 Å². The van der Waals surface area contributed by atoms with E-state index in [9.17, 15) is 19.2 Å². The molecule has 0 bridgehead atoms. The molecule has 0 aliphatic carbocycles. The highest BCUT2D eigenvalue weighted by atomic mass is 16.6. The molecule has 7 rings (SSSR count). The number of carbonyl (C=O) groups is 4. The van der Waals surface area contributed by atoms with E-state index in [1.54, 1.807) is 24.3 Å². The van der Waals surface area contributed by atoms with Gasteiger partial charge in [0.05, 0.1) is 145 Å². The second-order valence-corrected chi connectivity index (χ2v) is 15.4. The van der Waals surface area contributed by atoms with Crippen molar-refractivity contribution in [2.24, 2.45) is 11.5 Å². The van der Waals surface area contributed by atoms with Crippen LogP contribution in [0.3, 0.4) is 0 Å². The highest BCUT2D eigenvalue weighted by molar-refractivity contribution is 6.41. The molecule has 0 unspecified atom stereocenters. The van der Waals surface area contributed by atoms with Gasteiger partial charge in [-0.2, -0.15) is 0 Å². The van der Waals surface area contributed by atoms with E-state index in [1.807, 2.05) is 24.3 Å². The van der Waals surface area contributed by atoms with E-state index in [-0.39, 0.29) is 26.3 Å². The van der Waals surface area contributed by atoms with Crippen LogP contribution in [-0.4, -0.2) is 192 Å². The Labute approximate surface area is 382 Å². The molecule has 0 atom stereocenters. The Bertz CT molecular complexity index is 2130. The van der Waals surface area contributed by atoms with Crippen molar-refractivity contribution in [1.29, 1.82) is 0 Å². The summed E-state index contributed by atoms with van der Waals surface area (Å²) in [5, 5.41) is 6.04. The Kier molecular flexibility index (Phi) is 18.9. The molecule has 0 saturated heterocycles. The zero-order valence-corrected chi connectivity index (χ0v) is 37.4. The minimum absolute atomic E-state index is 0.0806. The fourth-order valence-electron chi connectivity index (χ4n) is 8.22. The van der Waals surface area contributed by atoms with Crippen LogP contribution < -0.4 is 11.5 Å². The fraction of sp³-hybridized carbons (Fsp3) is 0.500. The molecular weight excluding hydrogens is 857 g/mol. The first-order valence-electron chi connectivity index (χ1n) is 22.6. The van der Waals surface area contributed by atoms with Crippen LogP contribution in [0.25, 0.3) is 43.1 Å². The molecule has 0 radical (unpaired) electrons. The Hall–Kier alpha value is -4.80. The number of hydrogen-bond acceptors (Lipinski definition) is 16. The van der Waals surface area contributed by atoms with E-state index in [2.05, 4.69) is 0 Å². The number of amides is 4. The molecular formula is C48H60N4O14. The van der Waals surface area contributed by atoms with Gasteiger partial charge in [-0.3, -0.25) is 29.0 Å². The summed E-state index contributed by atoms with van der Waals surface area (Å²) in [6.45, 7) is 9.13. The van der Waals surface area contributed by atoms with Crippen LogP contribution in [0.2, 0.25) is 0 Å². The summed E-state index contributed by atoms with van der Waals surface area (Å²) in [6.07, 6.45) is 0. The minimum Gasteiger partial charge on any atom is -0.378 e. The normalized spacial score (nSPS) is 13.9. The third kappa shape index (κ3) is 11.6. The van der Waals surface area contributed by atoms with Gasteiger partial charge in [-0.15, -0.1) is 0 Å². The van der Waals surface area contributed by atoms with E-state index in [4.69, 9.17) is 58.8 Å². The summed E-state index contributed by atoms with van der Waals surface area (Å²) < 4.78 is 54.9. The number of fused-ring (bicyclic) bond motifs is 2. The van der Waals surface area contributed by atoms with Crippen molar-refractivity contribution in [3.8, 4) is 0 Å². The molecule has 18 nitrogen and oxygen atoms in total. The third-order valence-electron chi connectivity index (χ3n) is 11.2. The highest BCUT2D eigenvalue weighted by Crippen LogP contribution is 2.46. The first kappa shape index (κ1) is 49.1.